The van der Waals surface area contributed by atoms with Crippen LogP contribution in [0.3, 0.4) is 0 Å². The van der Waals surface area contributed by atoms with Crippen molar-refractivity contribution in [1.82, 2.24) is 5.32 Å². The largest absolute Gasteiger partial charge is 0.495 e. The van der Waals surface area contributed by atoms with Gasteiger partial charge in [0, 0.05) is 6.54 Å². The second-order valence-corrected chi connectivity index (χ2v) is 6.59. The monoisotopic (exact) mass is 362 g/mol. The summed E-state index contributed by atoms with van der Waals surface area (Å²) >= 11 is 0. The molecule has 146 valence electrons. The number of ether oxygens (including phenoxy) is 1. The van der Waals surface area contributed by atoms with E-state index in [9.17, 15) is 9.59 Å². The Labute approximate surface area is 157 Å². The Morgan fingerprint density at radius 3 is 2.04 bits per heavy atom. The highest BCUT2D eigenvalue weighted by Crippen LogP contribution is 2.22. The Hall–Kier alpha value is -2.04. The van der Waals surface area contributed by atoms with Gasteiger partial charge in [-0.1, -0.05) is 76.8 Å². The maximum absolute atomic E-state index is 11.9. The lowest BCUT2D eigenvalue weighted by molar-refractivity contribution is -0.136. The second-order valence-electron chi connectivity index (χ2n) is 6.59. The number of carbonyl (C=O) groups is 2. The quantitative estimate of drug-likeness (QED) is 0.396. The van der Waals surface area contributed by atoms with E-state index in [-0.39, 0.29) is 0 Å². The molecule has 0 unspecified atom stereocenters. The van der Waals surface area contributed by atoms with Gasteiger partial charge in [0.05, 0.1) is 12.8 Å². The van der Waals surface area contributed by atoms with E-state index in [1.165, 1.54) is 58.5 Å². The number of amides is 2. The number of rotatable bonds is 13. The number of hydrogen-bond donors (Lipinski definition) is 2. The molecule has 1 aromatic carbocycles. The van der Waals surface area contributed by atoms with Gasteiger partial charge in [0.1, 0.15) is 5.75 Å². The predicted molar refractivity (Wildman–Crippen MR) is 106 cm³/mol. The van der Waals surface area contributed by atoms with Gasteiger partial charge in [0.15, 0.2) is 0 Å². The summed E-state index contributed by atoms with van der Waals surface area (Å²) in [6, 6.07) is 7.02. The van der Waals surface area contributed by atoms with E-state index >= 15 is 0 Å². The van der Waals surface area contributed by atoms with Crippen molar-refractivity contribution in [1.29, 1.82) is 0 Å². The van der Waals surface area contributed by atoms with E-state index in [1.54, 1.807) is 24.3 Å². The fourth-order valence-corrected chi connectivity index (χ4v) is 2.82. The number of anilines is 1. The van der Waals surface area contributed by atoms with E-state index in [4.69, 9.17) is 4.74 Å². The first-order chi connectivity index (χ1) is 12.7. The number of nitrogens with one attached hydrogen (secondary N) is 2. The predicted octanol–water partition coefficient (Wildman–Crippen LogP) is 4.67. The average molecular weight is 363 g/mol. The zero-order valence-electron chi connectivity index (χ0n) is 16.3. The molecular weight excluding hydrogens is 328 g/mol. The smallest absolute Gasteiger partial charge is 0.313 e. The molecule has 0 saturated carbocycles. The molecule has 5 nitrogen and oxygen atoms in total. The Balaban J connectivity index is 2.06. The standard InChI is InChI=1S/C21H34N2O3/c1-3-4-5-6-7-8-9-10-11-14-17-22-20(24)21(25)23-18-15-12-13-16-19(18)26-2/h12-13,15-16H,3-11,14,17H2,1-2H3,(H,22,24)(H,23,25). The fourth-order valence-electron chi connectivity index (χ4n) is 2.82. The van der Waals surface area contributed by atoms with Gasteiger partial charge in [0.2, 0.25) is 0 Å². The first-order valence-corrected chi connectivity index (χ1v) is 9.91. The van der Waals surface area contributed by atoms with E-state index in [2.05, 4.69) is 17.6 Å². The lowest BCUT2D eigenvalue weighted by Gasteiger charge is -2.10. The van der Waals surface area contributed by atoms with Gasteiger partial charge in [-0.3, -0.25) is 9.59 Å². The van der Waals surface area contributed by atoms with Crippen LogP contribution in [0.5, 0.6) is 5.75 Å². The molecule has 0 fully saturated rings. The van der Waals surface area contributed by atoms with Crippen molar-refractivity contribution in [3.05, 3.63) is 24.3 Å². The molecule has 2 amide bonds. The normalized spacial score (nSPS) is 10.4. The molecule has 2 N–H and O–H groups in total. The molecule has 5 heteroatoms. The van der Waals surface area contributed by atoms with E-state index in [0.717, 1.165) is 12.8 Å². The summed E-state index contributed by atoms with van der Waals surface area (Å²) in [7, 11) is 1.52. The summed E-state index contributed by atoms with van der Waals surface area (Å²) in [4.78, 5) is 23.8. The summed E-state index contributed by atoms with van der Waals surface area (Å²) in [6.07, 6.45) is 12.4. The zero-order valence-corrected chi connectivity index (χ0v) is 16.3. The van der Waals surface area contributed by atoms with Crippen LogP contribution in [0.1, 0.15) is 71.1 Å². The molecule has 0 bridgehead atoms. The zero-order chi connectivity index (χ0) is 19.0. The highest BCUT2D eigenvalue weighted by molar-refractivity contribution is 6.39. The van der Waals surface area contributed by atoms with E-state index in [1.807, 2.05) is 0 Å². The molecule has 26 heavy (non-hydrogen) atoms. The van der Waals surface area contributed by atoms with Gasteiger partial charge in [-0.25, -0.2) is 0 Å². The molecule has 0 spiro atoms. The molecule has 0 aromatic heterocycles. The van der Waals surface area contributed by atoms with Gasteiger partial charge in [-0.05, 0) is 18.6 Å². The number of hydrogen-bond acceptors (Lipinski definition) is 3. The minimum absolute atomic E-state index is 0.495. The molecule has 0 aliphatic rings. The third-order valence-corrected chi connectivity index (χ3v) is 4.38. The number of unbranched alkanes of at least 4 members (excludes halogenated alkanes) is 9. The van der Waals surface area contributed by atoms with Crippen LogP contribution in [0.4, 0.5) is 5.69 Å². The Kier molecular flexibility index (Phi) is 12.0. The summed E-state index contributed by atoms with van der Waals surface area (Å²) in [5.74, 6) is -0.739. The van der Waals surface area contributed by atoms with Crippen molar-refractivity contribution >= 4 is 17.5 Å². The second kappa shape index (κ2) is 14.2. The summed E-state index contributed by atoms with van der Waals surface area (Å²) in [5.41, 5.74) is 0.495. The molecule has 0 atom stereocenters. The van der Waals surface area contributed by atoms with Crippen LogP contribution >= 0.6 is 0 Å². The molecule has 0 heterocycles. The lowest BCUT2D eigenvalue weighted by atomic mass is 10.1. The van der Waals surface area contributed by atoms with Crippen molar-refractivity contribution < 1.29 is 14.3 Å². The van der Waals surface area contributed by atoms with Crippen LogP contribution in [-0.4, -0.2) is 25.5 Å². The van der Waals surface area contributed by atoms with Crippen LogP contribution in [0.25, 0.3) is 0 Å². The van der Waals surface area contributed by atoms with Gasteiger partial charge in [-0.15, -0.1) is 0 Å². The summed E-state index contributed by atoms with van der Waals surface area (Å²) < 4.78 is 5.15. The van der Waals surface area contributed by atoms with Crippen molar-refractivity contribution in [2.75, 3.05) is 19.0 Å². The molecule has 0 aliphatic carbocycles. The summed E-state index contributed by atoms with van der Waals surface area (Å²) in [6.45, 7) is 2.77. The van der Waals surface area contributed by atoms with Crippen molar-refractivity contribution in [2.45, 2.75) is 71.1 Å². The van der Waals surface area contributed by atoms with Gasteiger partial charge < -0.3 is 15.4 Å². The first kappa shape index (κ1) is 22.0. The van der Waals surface area contributed by atoms with Crippen LogP contribution < -0.4 is 15.4 Å². The number of para-hydroxylation sites is 2. The molecule has 0 saturated heterocycles. The van der Waals surface area contributed by atoms with Gasteiger partial charge >= 0.3 is 11.8 Å². The van der Waals surface area contributed by atoms with E-state index in [0.29, 0.717) is 18.0 Å². The SMILES string of the molecule is CCCCCCCCCCCCNC(=O)C(=O)Nc1ccccc1OC. The highest BCUT2D eigenvalue weighted by atomic mass is 16.5. The minimum Gasteiger partial charge on any atom is -0.495 e. The molecular formula is C21H34N2O3. The number of carbonyl (C=O) groups excluding carboxylic acids is 2. The molecule has 1 rings (SSSR count). The highest BCUT2D eigenvalue weighted by Gasteiger charge is 2.14. The van der Waals surface area contributed by atoms with E-state index < -0.39 is 11.8 Å². The average Bonchev–Trinajstić information content (AvgIpc) is 2.66. The van der Waals surface area contributed by atoms with Gasteiger partial charge in [0.25, 0.3) is 0 Å². The van der Waals surface area contributed by atoms with Gasteiger partial charge in [-0.2, -0.15) is 0 Å². The lowest BCUT2D eigenvalue weighted by Crippen LogP contribution is -2.35. The van der Waals surface area contributed by atoms with Crippen LogP contribution in [0.15, 0.2) is 24.3 Å². The van der Waals surface area contributed by atoms with Crippen LogP contribution in [0.2, 0.25) is 0 Å². The first-order valence-electron chi connectivity index (χ1n) is 9.91. The van der Waals surface area contributed by atoms with Crippen molar-refractivity contribution in [2.24, 2.45) is 0 Å². The summed E-state index contributed by atoms with van der Waals surface area (Å²) in [5, 5.41) is 5.25. The minimum atomic E-state index is -0.665. The topological polar surface area (TPSA) is 67.4 Å². The number of benzene rings is 1. The van der Waals surface area contributed by atoms with Crippen LogP contribution in [-0.2, 0) is 9.59 Å². The Morgan fingerprint density at radius 1 is 0.846 bits per heavy atom. The number of methoxy groups -OCH3 is 1. The van der Waals surface area contributed by atoms with Crippen molar-refractivity contribution in [3.63, 3.8) is 0 Å². The van der Waals surface area contributed by atoms with Crippen molar-refractivity contribution in [3.8, 4) is 5.75 Å². The Bertz CT molecular complexity index is 532. The fraction of sp³-hybridized carbons (Fsp3) is 0.619. The molecule has 1 aromatic rings. The third kappa shape index (κ3) is 9.44. The van der Waals surface area contributed by atoms with Crippen LogP contribution in [0, 0.1) is 0 Å². The Morgan fingerprint density at radius 2 is 1.42 bits per heavy atom. The molecule has 0 aliphatic heterocycles. The molecule has 0 radical (unpaired) electrons. The maximum Gasteiger partial charge on any atom is 0.313 e. The maximum atomic E-state index is 11.9. The third-order valence-electron chi connectivity index (χ3n) is 4.38.